The SMILES string of the molecule is CN1CCN(c2nc(-c3ccc(C(=O)NC(C=O)(C4CCCC4)N4CC(C(F)=CF)C5OCC(=O)C54)cc3F)cs2)CC1. The first-order valence-corrected chi connectivity index (χ1v) is 15.5. The molecule has 4 aliphatic rings. The maximum absolute atomic E-state index is 15.5. The maximum atomic E-state index is 15.5. The smallest absolute Gasteiger partial charge is 0.253 e. The molecule has 1 aliphatic carbocycles. The molecule has 2 aromatic rings. The van der Waals surface area contributed by atoms with Crippen molar-refractivity contribution in [2.75, 3.05) is 51.3 Å². The van der Waals surface area contributed by atoms with E-state index in [4.69, 9.17) is 4.74 Å². The number of benzene rings is 1. The number of hydrogen-bond donors (Lipinski definition) is 1. The Kier molecular flexibility index (Phi) is 8.42. The summed E-state index contributed by atoms with van der Waals surface area (Å²) in [6, 6.07) is 3.04. The second-order valence-corrected chi connectivity index (χ2v) is 12.7. The molecule has 4 atom stereocenters. The highest BCUT2D eigenvalue weighted by molar-refractivity contribution is 7.14. The van der Waals surface area contributed by atoms with Crippen LogP contribution >= 0.6 is 11.3 Å². The van der Waals surface area contributed by atoms with Gasteiger partial charge < -0.3 is 19.9 Å². The number of ether oxygens (including phenoxy) is 1. The van der Waals surface area contributed by atoms with Crippen molar-refractivity contribution in [3.05, 3.63) is 47.1 Å². The predicted octanol–water partition coefficient (Wildman–Crippen LogP) is 3.56. The van der Waals surface area contributed by atoms with Gasteiger partial charge in [-0.25, -0.2) is 18.2 Å². The number of fused-ring (bicyclic) bond motifs is 1. The summed E-state index contributed by atoms with van der Waals surface area (Å²) in [5, 5.41) is 5.41. The number of Topliss-reactive ketones (excluding diaryl/α,β-unsaturated/α-hetero) is 1. The average Bonchev–Trinajstić information content (AvgIpc) is 3.83. The Hall–Kier alpha value is -3.13. The van der Waals surface area contributed by atoms with Crippen molar-refractivity contribution in [2.24, 2.45) is 11.8 Å². The quantitative estimate of drug-likeness (QED) is 0.450. The number of likely N-dealkylation sites (N-methyl/N-ethyl adjacent to an activating group) is 1. The minimum Gasteiger partial charge on any atom is -0.367 e. The number of rotatable bonds is 8. The van der Waals surface area contributed by atoms with Crippen molar-refractivity contribution in [3.8, 4) is 11.3 Å². The highest BCUT2D eigenvalue weighted by Crippen LogP contribution is 2.44. The van der Waals surface area contributed by atoms with E-state index < -0.39 is 41.3 Å². The molecular weight excluding hydrogens is 583 g/mol. The molecule has 3 aliphatic heterocycles. The standard InChI is InChI=1S/C30H34F3N5O4S/c1-36-8-10-37(11-9-36)29-34-24(16-43-29)20-7-6-18(12-22(20)32)28(41)35-30(17-39,19-4-2-3-5-19)38-14-21(23(33)13-31)27-26(38)25(40)15-42-27/h6-7,12-13,16-17,19,21,26-27H,2-5,8-11,14-15H2,1H3,(H,35,41). The molecule has 4 fully saturated rings. The van der Waals surface area contributed by atoms with Crippen LogP contribution in [0.1, 0.15) is 36.0 Å². The van der Waals surface area contributed by atoms with E-state index in [2.05, 4.69) is 27.1 Å². The fourth-order valence-electron chi connectivity index (χ4n) is 6.98. The zero-order valence-corrected chi connectivity index (χ0v) is 24.6. The van der Waals surface area contributed by atoms with E-state index in [1.807, 2.05) is 0 Å². The van der Waals surface area contributed by atoms with Crippen molar-refractivity contribution in [1.29, 1.82) is 0 Å². The lowest BCUT2D eigenvalue weighted by molar-refractivity contribution is -0.131. The molecule has 4 heterocycles. The van der Waals surface area contributed by atoms with Crippen LogP contribution in [0.3, 0.4) is 0 Å². The molecule has 0 bridgehead atoms. The zero-order chi connectivity index (χ0) is 30.3. The molecule has 1 amide bonds. The molecule has 230 valence electrons. The third-order valence-corrected chi connectivity index (χ3v) is 10.3. The third-order valence-electron chi connectivity index (χ3n) is 9.36. The molecule has 43 heavy (non-hydrogen) atoms. The van der Waals surface area contributed by atoms with Gasteiger partial charge in [0.1, 0.15) is 30.6 Å². The van der Waals surface area contributed by atoms with Gasteiger partial charge in [0.05, 0.1) is 17.7 Å². The monoisotopic (exact) mass is 617 g/mol. The molecule has 0 spiro atoms. The first kappa shape index (κ1) is 29.9. The van der Waals surface area contributed by atoms with E-state index in [9.17, 15) is 23.2 Å². The fourth-order valence-corrected chi connectivity index (χ4v) is 7.86. The fraction of sp³-hybridized carbons (Fsp3) is 0.533. The molecule has 1 aromatic carbocycles. The van der Waals surface area contributed by atoms with Gasteiger partial charge in [0.25, 0.3) is 5.91 Å². The number of carbonyl (C=O) groups excluding carboxylic acids is 3. The van der Waals surface area contributed by atoms with E-state index in [0.29, 0.717) is 24.8 Å². The Morgan fingerprint density at radius 3 is 2.63 bits per heavy atom. The summed E-state index contributed by atoms with van der Waals surface area (Å²) in [5.41, 5.74) is -0.991. The van der Waals surface area contributed by atoms with E-state index in [1.165, 1.54) is 28.4 Å². The summed E-state index contributed by atoms with van der Waals surface area (Å²) in [6.07, 6.45) is 2.22. The lowest BCUT2D eigenvalue weighted by atomic mass is 9.88. The summed E-state index contributed by atoms with van der Waals surface area (Å²) in [4.78, 5) is 50.1. The van der Waals surface area contributed by atoms with Gasteiger partial charge in [-0.3, -0.25) is 19.3 Å². The van der Waals surface area contributed by atoms with Crippen LogP contribution in [0.4, 0.5) is 18.3 Å². The van der Waals surface area contributed by atoms with Crippen LogP contribution in [-0.4, -0.2) is 96.9 Å². The topological polar surface area (TPSA) is 95.1 Å². The van der Waals surface area contributed by atoms with Gasteiger partial charge in [-0.05, 0) is 38.1 Å². The summed E-state index contributed by atoms with van der Waals surface area (Å²) >= 11 is 1.44. The van der Waals surface area contributed by atoms with Crippen molar-refractivity contribution in [3.63, 3.8) is 0 Å². The van der Waals surface area contributed by atoms with Crippen molar-refractivity contribution >= 4 is 34.4 Å². The van der Waals surface area contributed by atoms with Crippen molar-refractivity contribution < 1.29 is 32.3 Å². The molecule has 13 heteroatoms. The minimum absolute atomic E-state index is 0.0175. The van der Waals surface area contributed by atoms with Crippen LogP contribution < -0.4 is 10.2 Å². The second-order valence-electron chi connectivity index (χ2n) is 11.8. The number of hydrogen-bond acceptors (Lipinski definition) is 9. The summed E-state index contributed by atoms with van der Waals surface area (Å²) < 4.78 is 48.8. The highest BCUT2D eigenvalue weighted by atomic mass is 32.1. The largest absolute Gasteiger partial charge is 0.367 e. The Bertz CT molecular complexity index is 1420. The third kappa shape index (κ3) is 5.41. The molecule has 6 rings (SSSR count). The summed E-state index contributed by atoms with van der Waals surface area (Å²) in [6.45, 7) is 3.00. The summed E-state index contributed by atoms with van der Waals surface area (Å²) in [5.74, 6) is -4.30. The lowest BCUT2D eigenvalue weighted by Gasteiger charge is -2.44. The van der Waals surface area contributed by atoms with Crippen LogP contribution in [0, 0.1) is 17.7 Å². The minimum atomic E-state index is -1.69. The molecule has 3 saturated heterocycles. The van der Waals surface area contributed by atoms with Crippen molar-refractivity contribution in [2.45, 2.75) is 43.5 Å². The van der Waals surface area contributed by atoms with Crippen LogP contribution in [-0.2, 0) is 14.3 Å². The van der Waals surface area contributed by atoms with Crippen LogP contribution in [0.25, 0.3) is 11.3 Å². The molecule has 4 unspecified atom stereocenters. The number of halogens is 3. The Morgan fingerprint density at radius 1 is 1.21 bits per heavy atom. The average molecular weight is 618 g/mol. The zero-order valence-electron chi connectivity index (χ0n) is 23.8. The van der Waals surface area contributed by atoms with Crippen LogP contribution in [0.2, 0.25) is 0 Å². The first-order valence-electron chi connectivity index (χ1n) is 14.6. The normalized spacial score (nSPS) is 27.0. The molecule has 1 aromatic heterocycles. The Balaban J connectivity index is 1.27. The summed E-state index contributed by atoms with van der Waals surface area (Å²) in [7, 11) is 2.07. The Labute approximate surface area is 251 Å². The van der Waals surface area contributed by atoms with Gasteiger partial charge in [-0.1, -0.05) is 12.8 Å². The van der Waals surface area contributed by atoms with E-state index in [-0.39, 0.29) is 42.3 Å². The molecular formula is C30H34F3N5O4S. The number of carbonyl (C=O) groups is 3. The Morgan fingerprint density at radius 2 is 1.95 bits per heavy atom. The van der Waals surface area contributed by atoms with E-state index in [1.54, 1.807) is 5.38 Å². The lowest BCUT2D eigenvalue weighted by Crippen LogP contribution is -2.68. The number of thiazole rings is 1. The molecule has 9 nitrogen and oxygen atoms in total. The van der Waals surface area contributed by atoms with E-state index in [0.717, 1.165) is 50.2 Å². The van der Waals surface area contributed by atoms with Gasteiger partial charge in [0.15, 0.2) is 22.9 Å². The molecule has 0 radical (unpaired) electrons. The van der Waals surface area contributed by atoms with Gasteiger partial charge in [0.2, 0.25) is 0 Å². The molecule has 1 N–H and O–H groups in total. The number of anilines is 1. The molecule has 1 saturated carbocycles. The van der Waals surface area contributed by atoms with Crippen molar-refractivity contribution in [1.82, 2.24) is 20.1 Å². The first-order chi connectivity index (χ1) is 20.8. The van der Waals surface area contributed by atoms with Crippen LogP contribution in [0.5, 0.6) is 0 Å². The number of likely N-dealkylation sites (tertiary alicyclic amines) is 1. The number of nitrogens with one attached hydrogen (secondary N) is 1. The van der Waals surface area contributed by atoms with Gasteiger partial charge in [-0.15, -0.1) is 11.3 Å². The van der Waals surface area contributed by atoms with E-state index >= 15 is 4.39 Å². The number of amides is 1. The number of aldehydes is 1. The number of piperazine rings is 1. The number of aromatic nitrogens is 1. The maximum Gasteiger partial charge on any atom is 0.253 e. The van der Waals surface area contributed by atoms with Gasteiger partial charge >= 0.3 is 0 Å². The van der Waals surface area contributed by atoms with Gasteiger partial charge in [-0.2, -0.15) is 0 Å². The predicted molar refractivity (Wildman–Crippen MR) is 154 cm³/mol. The van der Waals surface area contributed by atoms with Gasteiger partial charge in [0, 0.05) is 55.1 Å². The number of ketones is 1. The highest BCUT2D eigenvalue weighted by Gasteiger charge is 2.60. The number of nitrogens with zero attached hydrogens (tertiary/aromatic N) is 4. The second kappa shape index (κ2) is 12.1. The van der Waals surface area contributed by atoms with Crippen LogP contribution in [0.15, 0.2) is 35.7 Å².